The molecule has 0 saturated heterocycles. The average Bonchev–Trinajstić information content (AvgIpc) is 3.00. The normalized spacial score (nSPS) is 11.7. The number of hydrogen-bond acceptors (Lipinski definition) is 6. The molecule has 218 valence electrons. The summed E-state index contributed by atoms with van der Waals surface area (Å²) in [6.45, 7) is 5.46. The molecule has 43 heavy (non-hydrogen) atoms. The minimum absolute atomic E-state index is 0.0814. The molecule has 9 nitrogen and oxygen atoms in total. The fourth-order valence-corrected chi connectivity index (χ4v) is 4.80. The first-order valence-electron chi connectivity index (χ1n) is 13.4. The Morgan fingerprint density at radius 3 is 2.19 bits per heavy atom. The lowest BCUT2D eigenvalue weighted by Crippen LogP contribution is -2.30. The van der Waals surface area contributed by atoms with E-state index in [1.54, 1.807) is 80.6 Å². The number of non-ortho nitro benzene ring substituents is 1. The topological polar surface area (TPSA) is 130 Å². The summed E-state index contributed by atoms with van der Waals surface area (Å²) in [5, 5.41) is 18.9. The van der Waals surface area contributed by atoms with Crippen LogP contribution in [0.3, 0.4) is 0 Å². The fourth-order valence-electron chi connectivity index (χ4n) is 3.94. The molecular formula is C33H30N4O5S. The maximum absolute atomic E-state index is 13.3. The Hall–Kier alpha value is -5.22. The second-order valence-electron chi connectivity index (χ2n) is 9.77. The van der Waals surface area contributed by atoms with Crippen molar-refractivity contribution in [2.75, 3.05) is 10.6 Å². The maximum atomic E-state index is 13.3. The lowest BCUT2D eigenvalue weighted by atomic mass is 10.1. The van der Waals surface area contributed by atoms with Gasteiger partial charge < -0.3 is 16.0 Å². The first-order valence-corrected chi connectivity index (χ1v) is 14.3. The quantitative estimate of drug-likeness (QED) is 0.0807. The first kappa shape index (κ1) is 30.7. The summed E-state index contributed by atoms with van der Waals surface area (Å²) in [6.07, 6.45) is 1.61. The van der Waals surface area contributed by atoms with Crippen LogP contribution in [0.15, 0.2) is 108 Å². The summed E-state index contributed by atoms with van der Waals surface area (Å²) >= 11 is 1.30. The van der Waals surface area contributed by atoms with E-state index >= 15 is 0 Å². The van der Waals surface area contributed by atoms with E-state index in [-0.39, 0.29) is 17.3 Å². The van der Waals surface area contributed by atoms with Gasteiger partial charge in [0.15, 0.2) is 0 Å². The Labute approximate surface area is 253 Å². The standard InChI is InChI=1S/C33H30N4O5S/c1-21-9-12-24(13-10-21)19-30(36-32(39)25-7-5-4-6-8-25)33(40)34-26-14-17-28(18-15-26)43-23(3)31(38)35-29-20-27(37(41)42)16-11-22(29)2/h4-20,23H,1-3H3,(H,34,40)(H,35,38)(H,36,39)/b30-19-. The minimum atomic E-state index is -0.508. The van der Waals surface area contributed by atoms with Gasteiger partial charge in [-0.15, -0.1) is 11.8 Å². The zero-order chi connectivity index (χ0) is 30.9. The molecule has 0 fully saturated rings. The maximum Gasteiger partial charge on any atom is 0.272 e. The number of hydrogen-bond donors (Lipinski definition) is 3. The van der Waals surface area contributed by atoms with Crippen molar-refractivity contribution in [3.05, 3.63) is 135 Å². The summed E-state index contributed by atoms with van der Waals surface area (Å²) < 4.78 is 0. The zero-order valence-corrected chi connectivity index (χ0v) is 24.6. The average molecular weight is 595 g/mol. The van der Waals surface area contributed by atoms with E-state index in [1.807, 2.05) is 31.2 Å². The van der Waals surface area contributed by atoms with Gasteiger partial charge in [-0.05, 0) is 74.4 Å². The lowest BCUT2D eigenvalue weighted by molar-refractivity contribution is -0.384. The number of amides is 3. The van der Waals surface area contributed by atoms with Crippen LogP contribution in [0.1, 0.15) is 34.0 Å². The Balaban J connectivity index is 1.43. The number of thioether (sulfide) groups is 1. The molecule has 0 saturated carbocycles. The van der Waals surface area contributed by atoms with E-state index in [1.165, 1.54) is 23.9 Å². The van der Waals surface area contributed by atoms with Gasteiger partial charge in [0, 0.05) is 28.3 Å². The highest BCUT2D eigenvalue weighted by Gasteiger charge is 2.18. The van der Waals surface area contributed by atoms with Crippen LogP contribution in [0.5, 0.6) is 0 Å². The van der Waals surface area contributed by atoms with Crippen LogP contribution in [-0.2, 0) is 9.59 Å². The van der Waals surface area contributed by atoms with Crippen molar-refractivity contribution in [1.82, 2.24) is 5.32 Å². The minimum Gasteiger partial charge on any atom is -0.325 e. The second kappa shape index (κ2) is 14.1. The number of aryl methyl sites for hydroxylation is 2. The molecule has 0 radical (unpaired) electrons. The monoisotopic (exact) mass is 594 g/mol. The second-order valence-corrected chi connectivity index (χ2v) is 11.2. The zero-order valence-electron chi connectivity index (χ0n) is 23.8. The summed E-state index contributed by atoms with van der Waals surface area (Å²) in [5.41, 5.74) is 3.83. The third-order valence-corrected chi connectivity index (χ3v) is 7.51. The number of rotatable bonds is 10. The number of carbonyl (C=O) groups excluding carboxylic acids is 3. The number of nitro benzene ring substituents is 1. The Kier molecular flexibility index (Phi) is 10.1. The van der Waals surface area contributed by atoms with Gasteiger partial charge in [-0.3, -0.25) is 24.5 Å². The molecule has 1 unspecified atom stereocenters. The molecule has 3 amide bonds. The van der Waals surface area contributed by atoms with Gasteiger partial charge >= 0.3 is 0 Å². The van der Waals surface area contributed by atoms with Gasteiger partial charge in [-0.1, -0.05) is 54.1 Å². The Morgan fingerprint density at radius 1 is 0.860 bits per heavy atom. The van der Waals surface area contributed by atoms with Crippen LogP contribution in [0.4, 0.5) is 17.1 Å². The molecule has 0 heterocycles. The number of nitrogens with one attached hydrogen (secondary N) is 3. The molecule has 1 atom stereocenters. The Morgan fingerprint density at radius 2 is 1.53 bits per heavy atom. The van der Waals surface area contributed by atoms with E-state index in [0.717, 1.165) is 16.0 Å². The third-order valence-electron chi connectivity index (χ3n) is 6.40. The van der Waals surface area contributed by atoms with E-state index in [9.17, 15) is 24.5 Å². The van der Waals surface area contributed by atoms with Crippen LogP contribution < -0.4 is 16.0 Å². The molecule has 0 aliphatic rings. The molecular weight excluding hydrogens is 564 g/mol. The third kappa shape index (κ3) is 8.64. The molecule has 4 rings (SSSR count). The highest BCUT2D eigenvalue weighted by atomic mass is 32.2. The number of nitro groups is 1. The highest BCUT2D eigenvalue weighted by Crippen LogP contribution is 2.27. The van der Waals surface area contributed by atoms with Gasteiger partial charge in [0.25, 0.3) is 17.5 Å². The number of anilines is 2. The molecule has 0 bridgehead atoms. The lowest BCUT2D eigenvalue weighted by Gasteiger charge is -2.14. The highest BCUT2D eigenvalue weighted by molar-refractivity contribution is 8.00. The predicted octanol–water partition coefficient (Wildman–Crippen LogP) is 6.74. The van der Waals surface area contributed by atoms with Crippen LogP contribution in [0, 0.1) is 24.0 Å². The van der Waals surface area contributed by atoms with Crippen molar-refractivity contribution in [3.8, 4) is 0 Å². The molecule has 4 aromatic carbocycles. The van der Waals surface area contributed by atoms with Crippen molar-refractivity contribution in [2.24, 2.45) is 0 Å². The molecule has 0 aliphatic heterocycles. The fraction of sp³-hybridized carbons (Fsp3) is 0.121. The van der Waals surface area contributed by atoms with E-state index < -0.39 is 22.0 Å². The van der Waals surface area contributed by atoms with Crippen molar-refractivity contribution < 1.29 is 19.3 Å². The van der Waals surface area contributed by atoms with E-state index in [0.29, 0.717) is 22.5 Å². The van der Waals surface area contributed by atoms with E-state index in [2.05, 4.69) is 16.0 Å². The van der Waals surface area contributed by atoms with E-state index in [4.69, 9.17) is 0 Å². The smallest absolute Gasteiger partial charge is 0.272 e. The van der Waals surface area contributed by atoms with Gasteiger partial charge in [-0.2, -0.15) is 0 Å². The van der Waals surface area contributed by atoms with Crippen LogP contribution in [0.25, 0.3) is 6.08 Å². The van der Waals surface area contributed by atoms with Gasteiger partial charge in [0.05, 0.1) is 15.9 Å². The van der Waals surface area contributed by atoms with Crippen molar-refractivity contribution in [2.45, 2.75) is 30.9 Å². The van der Waals surface area contributed by atoms with Gasteiger partial charge in [0.1, 0.15) is 5.70 Å². The van der Waals surface area contributed by atoms with Crippen LogP contribution in [-0.4, -0.2) is 27.9 Å². The Bertz CT molecular complexity index is 1670. The summed E-state index contributed by atoms with van der Waals surface area (Å²) in [5.74, 6) is -1.20. The van der Waals surface area contributed by atoms with Gasteiger partial charge in [-0.25, -0.2) is 0 Å². The predicted molar refractivity (Wildman–Crippen MR) is 170 cm³/mol. The molecule has 0 spiro atoms. The molecule has 4 aromatic rings. The number of carbonyl (C=O) groups is 3. The van der Waals surface area contributed by atoms with Crippen molar-refractivity contribution in [1.29, 1.82) is 0 Å². The number of nitrogens with zero attached hydrogens (tertiary/aromatic N) is 1. The van der Waals surface area contributed by atoms with Gasteiger partial charge in [0.2, 0.25) is 5.91 Å². The van der Waals surface area contributed by atoms with Crippen molar-refractivity contribution >= 4 is 52.6 Å². The summed E-state index contributed by atoms with van der Waals surface area (Å²) in [6, 6.07) is 27.5. The molecule has 0 aliphatic carbocycles. The van der Waals surface area contributed by atoms with Crippen molar-refractivity contribution in [3.63, 3.8) is 0 Å². The molecule has 0 aromatic heterocycles. The van der Waals surface area contributed by atoms with Crippen LogP contribution in [0.2, 0.25) is 0 Å². The largest absolute Gasteiger partial charge is 0.325 e. The molecule has 10 heteroatoms. The first-order chi connectivity index (χ1) is 20.6. The van der Waals surface area contributed by atoms with Crippen LogP contribution >= 0.6 is 11.8 Å². The summed E-state index contributed by atoms with van der Waals surface area (Å²) in [7, 11) is 0. The molecule has 3 N–H and O–H groups in total. The summed E-state index contributed by atoms with van der Waals surface area (Å²) in [4.78, 5) is 50.3. The SMILES string of the molecule is Cc1ccc(/C=C(\NC(=O)c2ccccc2)C(=O)Nc2ccc(SC(C)C(=O)Nc3cc([N+](=O)[O-])ccc3C)cc2)cc1. The number of benzene rings is 4.